The zero-order chi connectivity index (χ0) is 22.7. The van der Waals surface area contributed by atoms with E-state index in [0.29, 0.717) is 17.7 Å². The molecule has 4 nitrogen and oxygen atoms in total. The maximum absolute atomic E-state index is 12.2. The number of allylic oxidation sites excluding steroid dienone is 2. The van der Waals surface area contributed by atoms with Crippen LogP contribution in [-0.4, -0.2) is 23.1 Å². The number of carbonyl (C=O) groups is 1. The minimum absolute atomic E-state index is 0.0897. The number of fused-ring (bicyclic) bond motifs is 1. The van der Waals surface area contributed by atoms with E-state index in [1.54, 1.807) is 0 Å². The highest BCUT2D eigenvalue weighted by Crippen LogP contribution is 2.38. The molecule has 2 aliphatic rings. The topological polar surface area (TPSA) is 54.4 Å². The van der Waals surface area contributed by atoms with Gasteiger partial charge in [-0.3, -0.25) is 9.79 Å². The van der Waals surface area contributed by atoms with Crippen molar-refractivity contribution in [3.8, 4) is 0 Å². The molecule has 0 saturated heterocycles. The first-order chi connectivity index (χ1) is 15.5. The van der Waals surface area contributed by atoms with E-state index >= 15 is 0 Å². The Kier molecular flexibility index (Phi) is 6.88. The summed E-state index contributed by atoms with van der Waals surface area (Å²) >= 11 is 0. The number of pyridine rings is 1. The Bertz CT molecular complexity index is 1080. The van der Waals surface area contributed by atoms with Gasteiger partial charge in [-0.1, -0.05) is 50.5 Å². The van der Waals surface area contributed by atoms with Crippen LogP contribution < -0.4 is 5.32 Å². The van der Waals surface area contributed by atoms with Crippen molar-refractivity contribution in [3.05, 3.63) is 54.3 Å². The van der Waals surface area contributed by atoms with Crippen molar-refractivity contribution in [2.75, 3.05) is 11.9 Å². The molecule has 1 saturated carbocycles. The number of carbonyl (C=O) groups excluding carboxylic acids is 1. The first-order valence-corrected chi connectivity index (χ1v) is 12.0. The Morgan fingerprint density at radius 2 is 2.12 bits per heavy atom. The number of hydrogen-bond donors (Lipinski definition) is 1. The number of nitrogens with zero attached hydrogens (tertiary/aromatic N) is 2. The van der Waals surface area contributed by atoms with Gasteiger partial charge in [0.25, 0.3) is 0 Å². The van der Waals surface area contributed by atoms with Crippen molar-refractivity contribution in [3.63, 3.8) is 0 Å². The number of amides is 1. The van der Waals surface area contributed by atoms with Crippen LogP contribution in [0.1, 0.15) is 64.9 Å². The maximum atomic E-state index is 12.2. The summed E-state index contributed by atoms with van der Waals surface area (Å²) in [5, 5.41) is 5.14. The Morgan fingerprint density at radius 3 is 2.81 bits per heavy atom. The highest BCUT2D eigenvalue weighted by atomic mass is 16.2. The van der Waals surface area contributed by atoms with Gasteiger partial charge in [0.1, 0.15) is 5.82 Å². The van der Waals surface area contributed by atoms with Gasteiger partial charge in [-0.05, 0) is 66.7 Å². The number of rotatable bonds is 9. The molecule has 1 aromatic heterocycles. The van der Waals surface area contributed by atoms with Gasteiger partial charge in [-0.15, -0.1) is 6.58 Å². The number of aromatic nitrogens is 1. The van der Waals surface area contributed by atoms with Crippen molar-refractivity contribution in [2.24, 2.45) is 22.7 Å². The lowest BCUT2D eigenvalue weighted by atomic mass is 9.88. The molecular weight excluding hydrogens is 394 g/mol. The van der Waals surface area contributed by atoms with Crippen LogP contribution in [-0.2, 0) is 4.79 Å². The lowest BCUT2D eigenvalue weighted by Crippen LogP contribution is -2.15. The molecule has 32 heavy (non-hydrogen) atoms. The first-order valence-electron chi connectivity index (χ1n) is 12.0. The van der Waals surface area contributed by atoms with Gasteiger partial charge in [0.2, 0.25) is 5.91 Å². The Hall–Kier alpha value is -2.75. The van der Waals surface area contributed by atoms with Gasteiger partial charge in [-0.2, -0.15) is 0 Å². The van der Waals surface area contributed by atoms with Crippen molar-refractivity contribution in [1.82, 2.24) is 4.98 Å². The van der Waals surface area contributed by atoms with E-state index in [4.69, 9.17) is 4.99 Å². The Morgan fingerprint density at radius 1 is 1.31 bits per heavy atom. The van der Waals surface area contributed by atoms with E-state index in [9.17, 15) is 4.79 Å². The lowest BCUT2D eigenvalue weighted by Gasteiger charge is -2.22. The molecule has 4 heteroatoms. The highest BCUT2D eigenvalue weighted by molar-refractivity contribution is 5.97. The van der Waals surface area contributed by atoms with E-state index in [1.807, 2.05) is 18.3 Å². The average molecular weight is 430 g/mol. The Labute approximate surface area is 191 Å². The molecule has 2 aromatic rings. The fourth-order valence-corrected chi connectivity index (χ4v) is 4.85. The minimum Gasteiger partial charge on any atom is -0.310 e. The van der Waals surface area contributed by atoms with Gasteiger partial charge in [0, 0.05) is 29.6 Å². The molecule has 3 atom stereocenters. The fourth-order valence-electron chi connectivity index (χ4n) is 4.85. The van der Waals surface area contributed by atoms with E-state index in [1.165, 1.54) is 35.3 Å². The van der Waals surface area contributed by atoms with Gasteiger partial charge in [0.05, 0.1) is 6.54 Å². The predicted octanol–water partition coefficient (Wildman–Crippen LogP) is 6.83. The summed E-state index contributed by atoms with van der Waals surface area (Å²) in [5.41, 5.74) is 5.30. The number of anilines is 1. The molecule has 3 unspecified atom stereocenters. The third-order valence-corrected chi connectivity index (χ3v) is 6.93. The minimum atomic E-state index is 0.0897. The molecule has 0 spiro atoms. The molecule has 2 heterocycles. The highest BCUT2D eigenvalue weighted by Gasteiger charge is 2.39. The van der Waals surface area contributed by atoms with Crippen molar-refractivity contribution >= 4 is 33.8 Å². The molecule has 1 amide bonds. The normalized spacial score (nSPS) is 21.3. The summed E-state index contributed by atoms with van der Waals surface area (Å²) in [6.07, 6.45) is 10.5. The van der Waals surface area contributed by atoms with Crippen LogP contribution in [0.5, 0.6) is 0 Å². The third-order valence-electron chi connectivity index (χ3n) is 6.93. The molecule has 168 valence electrons. The van der Waals surface area contributed by atoms with E-state index < -0.39 is 0 Å². The zero-order valence-electron chi connectivity index (χ0n) is 19.7. The first kappa shape index (κ1) is 22.4. The van der Waals surface area contributed by atoms with Gasteiger partial charge in [-0.25, -0.2) is 4.98 Å². The van der Waals surface area contributed by atoms with Crippen molar-refractivity contribution < 1.29 is 4.79 Å². The van der Waals surface area contributed by atoms with E-state index in [0.717, 1.165) is 43.0 Å². The quantitative estimate of drug-likeness (QED) is 0.444. The smallest absolute Gasteiger partial charge is 0.228 e. The number of hydrogen-bond acceptors (Lipinski definition) is 3. The summed E-state index contributed by atoms with van der Waals surface area (Å²) in [7, 11) is 0. The Balaban J connectivity index is 1.45. The largest absolute Gasteiger partial charge is 0.310 e. The van der Waals surface area contributed by atoms with Crippen molar-refractivity contribution in [1.29, 1.82) is 0 Å². The van der Waals surface area contributed by atoms with E-state index in [-0.39, 0.29) is 11.8 Å². The van der Waals surface area contributed by atoms with Crippen LogP contribution in [0.4, 0.5) is 5.82 Å². The van der Waals surface area contributed by atoms with Crippen LogP contribution >= 0.6 is 0 Å². The standard InChI is InChI=1S/C28H35N3O/c1-5-7-20(8-6-2)13-24-11-18(3)26(17-29-24)22-10-9-21-15-27(30-16-23(21)14-22)31-28(32)25-12-19(25)4/h5,9-10,14-16,19-20,25H,1,6-8,11-13,17H2,2-4H3,(H,30,31,32). The molecule has 1 aliphatic carbocycles. The van der Waals surface area contributed by atoms with Crippen LogP contribution in [0, 0.1) is 17.8 Å². The fraction of sp³-hybridized carbons (Fsp3) is 0.464. The second kappa shape index (κ2) is 9.81. The van der Waals surface area contributed by atoms with Crippen LogP contribution in [0.2, 0.25) is 0 Å². The summed E-state index contributed by atoms with van der Waals surface area (Å²) in [4.78, 5) is 21.7. The van der Waals surface area contributed by atoms with Gasteiger partial charge >= 0.3 is 0 Å². The zero-order valence-corrected chi connectivity index (χ0v) is 19.7. The monoisotopic (exact) mass is 429 g/mol. The summed E-state index contributed by atoms with van der Waals surface area (Å²) < 4.78 is 0. The second-order valence-electron chi connectivity index (χ2n) is 9.64. The van der Waals surface area contributed by atoms with Crippen molar-refractivity contribution in [2.45, 2.75) is 59.3 Å². The number of nitrogens with one attached hydrogen (secondary N) is 1. The number of dihydropyridines is 1. The maximum Gasteiger partial charge on any atom is 0.228 e. The lowest BCUT2D eigenvalue weighted by molar-refractivity contribution is -0.117. The molecule has 1 fully saturated rings. The molecule has 1 aromatic carbocycles. The summed E-state index contributed by atoms with van der Waals surface area (Å²) in [5.74, 6) is 2.03. The third kappa shape index (κ3) is 5.17. The number of benzene rings is 1. The molecule has 1 aliphatic heterocycles. The van der Waals surface area contributed by atoms with E-state index in [2.05, 4.69) is 55.9 Å². The average Bonchev–Trinajstić information content (AvgIpc) is 3.51. The van der Waals surface area contributed by atoms with Crippen LogP contribution in [0.15, 0.2) is 53.7 Å². The van der Waals surface area contributed by atoms with Crippen LogP contribution in [0.3, 0.4) is 0 Å². The molecule has 1 N–H and O–H groups in total. The van der Waals surface area contributed by atoms with Crippen LogP contribution in [0.25, 0.3) is 16.3 Å². The molecule has 0 radical (unpaired) electrons. The molecule has 4 rings (SSSR count). The summed E-state index contributed by atoms with van der Waals surface area (Å²) in [6.45, 7) is 11.3. The predicted molar refractivity (Wildman–Crippen MR) is 135 cm³/mol. The summed E-state index contributed by atoms with van der Waals surface area (Å²) in [6, 6.07) is 8.47. The second-order valence-corrected chi connectivity index (χ2v) is 9.64. The number of aliphatic imine (C=N–C) groups is 1. The molecule has 0 bridgehead atoms. The van der Waals surface area contributed by atoms with Gasteiger partial charge < -0.3 is 5.32 Å². The molecular formula is C28H35N3O. The van der Waals surface area contributed by atoms with Gasteiger partial charge in [0.15, 0.2) is 0 Å². The SMILES string of the molecule is C=CCC(CCC)CC1=NCC(c2ccc3cc(NC(=O)C4CC4C)ncc3c2)=C(C)C1.